The summed E-state index contributed by atoms with van der Waals surface area (Å²) in [6.07, 6.45) is 2.37. The van der Waals surface area contributed by atoms with Crippen molar-refractivity contribution in [2.24, 2.45) is 0 Å². The van der Waals surface area contributed by atoms with Gasteiger partial charge in [-0.25, -0.2) is 0 Å². The van der Waals surface area contributed by atoms with Crippen LogP contribution in [-0.4, -0.2) is 29.4 Å². The largest absolute Gasteiger partial charge is 0.479 e. The number of rotatable bonds is 6. The minimum absolute atomic E-state index is 0.177. The molecule has 1 atom stereocenters. The highest BCUT2D eigenvalue weighted by Crippen LogP contribution is 2.22. The van der Waals surface area contributed by atoms with Crippen LogP contribution in [0.4, 0.5) is 5.69 Å². The number of amides is 2. The molecular weight excluding hydrogens is 330 g/mol. The lowest BCUT2D eigenvalue weighted by Crippen LogP contribution is -2.40. The molecular formula is C17H18ClN3O3. The Kier molecular flexibility index (Phi) is 6.14. The normalized spacial score (nSPS) is 11.5. The molecule has 6 nitrogen and oxygen atoms in total. The molecule has 24 heavy (non-hydrogen) atoms. The summed E-state index contributed by atoms with van der Waals surface area (Å²) < 4.78 is 5.43. The molecule has 0 saturated carbocycles. The van der Waals surface area contributed by atoms with E-state index in [1.807, 2.05) is 13.0 Å². The zero-order valence-corrected chi connectivity index (χ0v) is 14.1. The summed E-state index contributed by atoms with van der Waals surface area (Å²) in [5.41, 5.74) is 1.49. The fourth-order valence-corrected chi connectivity index (χ4v) is 2.18. The summed E-state index contributed by atoms with van der Waals surface area (Å²) in [5.74, 6) is -0.289. The van der Waals surface area contributed by atoms with Gasteiger partial charge >= 0.3 is 0 Å². The second-order valence-electron chi connectivity index (χ2n) is 5.20. The molecule has 7 heteroatoms. The summed E-state index contributed by atoms with van der Waals surface area (Å²) in [4.78, 5) is 27.8. The lowest BCUT2D eigenvalue weighted by atomic mass is 10.2. The first-order valence-electron chi connectivity index (χ1n) is 7.36. The highest BCUT2D eigenvalue weighted by molar-refractivity contribution is 6.33. The summed E-state index contributed by atoms with van der Waals surface area (Å²) in [6.45, 7) is 3.32. The van der Waals surface area contributed by atoms with Gasteiger partial charge in [-0.3, -0.25) is 14.6 Å². The van der Waals surface area contributed by atoms with E-state index in [4.69, 9.17) is 16.3 Å². The molecule has 2 N–H and O–H groups in total. The molecule has 1 aromatic heterocycles. The maximum atomic E-state index is 12.0. The van der Waals surface area contributed by atoms with Crippen molar-refractivity contribution < 1.29 is 14.3 Å². The zero-order valence-electron chi connectivity index (χ0n) is 13.4. The fraction of sp³-hybridized carbons (Fsp3) is 0.235. The molecule has 0 bridgehead atoms. The molecule has 0 fully saturated rings. The molecule has 2 amide bonds. The van der Waals surface area contributed by atoms with E-state index in [1.165, 1.54) is 6.20 Å². The van der Waals surface area contributed by atoms with Crippen LogP contribution in [0.5, 0.6) is 5.75 Å². The monoisotopic (exact) mass is 347 g/mol. The Balaban J connectivity index is 1.81. The molecule has 0 aliphatic heterocycles. The molecule has 1 aromatic carbocycles. The molecule has 126 valence electrons. The minimum Gasteiger partial charge on any atom is -0.479 e. The van der Waals surface area contributed by atoms with Gasteiger partial charge in [-0.05, 0) is 43.7 Å². The van der Waals surface area contributed by atoms with Crippen molar-refractivity contribution >= 4 is 29.1 Å². The Morgan fingerprint density at radius 2 is 2.12 bits per heavy atom. The number of halogens is 1. The lowest BCUT2D eigenvalue weighted by molar-refractivity contribution is -0.129. The number of nitrogens with one attached hydrogen (secondary N) is 2. The van der Waals surface area contributed by atoms with Crippen LogP contribution in [0.2, 0.25) is 5.02 Å². The van der Waals surface area contributed by atoms with E-state index < -0.39 is 12.0 Å². The third-order valence-electron chi connectivity index (χ3n) is 3.14. The van der Waals surface area contributed by atoms with E-state index >= 15 is 0 Å². The van der Waals surface area contributed by atoms with E-state index in [0.29, 0.717) is 16.5 Å². The molecule has 1 heterocycles. The van der Waals surface area contributed by atoms with Crippen LogP contribution >= 0.6 is 11.6 Å². The molecule has 0 saturated heterocycles. The Bertz CT molecular complexity index is 722. The van der Waals surface area contributed by atoms with Gasteiger partial charge in [0.25, 0.3) is 5.91 Å². The Hall–Kier alpha value is -2.60. The molecule has 0 radical (unpaired) electrons. The number of pyridine rings is 1. The second-order valence-corrected chi connectivity index (χ2v) is 5.61. The maximum Gasteiger partial charge on any atom is 0.261 e. The first-order valence-corrected chi connectivity index (χ1v) is 7.74. The van der Waals surface area contributed by atoms with Crippen molar-refractivity contribution in [1.82, 2.24) is 10.3 Å². The van der Waals surface area contributed by atoms with E-state index in [9.17, 15) is 9.59 Å². The Labute approximate surface area is 145 Å². The average molecular weight is 348 g/mol. The van der Waals surface area contributed by atoms with Gasteiger partial charge in [-0.2, -0.15) is 0 Å². The predicted octanol–water partition coefficient (Wildman–Crippen LogP) is 2.57. The van der Waals surface area contributed by atoms with Crippen LogP contribution in [0, 0.1) is 6.92 Å². The van der Waals surface area contributed by atoms with Crippen molar-refractivity contribution in [3.05, 3.63) is 53.3 Å². The van der Waals surface area contributed by atoms with Crippen LogP contribution in [0.25, 0.3) is 0 Å². The number of carbonyl (C=O) groups excluding carboxylic acids is 2. The highest BCUT2D eigenvalue weighted by Gasteiger charge is 2.16. The van der Waals surface area contributed by atoms with Gasteiger partial charge in [0.15, 0.2) is 6.10 Å². The van der Waals surface area contributed by atoms with Gasteiger partial charge in [0.05, 0.1) is 23.5 Å². The lowest BCUT2D eigenvalue weighted by Gasteiger charge is -2.14. The number of aryl methyl sites for hydroxylation is 1. The van der Waals surface area contributed by atoms with E-state index in [-0.39, 0.29) is 12.5 Å². The SMILES string of the molecule is Cc1ccc(NC(=O)CNC(=O)[C@H](C)Oc2cccnc2)c(Cl)c1. The van der Waals surface area contributed by atoms with Crippen LogP contribution < -0.4 is 15.4 Å². The van der Waals surface area contributed by atoms with Crippen molar-refractivity contribution in [3.63, 3.8) is 0 Å². The number of aromatic nitrogens is 1. The smallest absolute Gasteiger partial charge is 0.261 e. The first-order chi connectivity index (χ1) is 11.5. The Morgan fingerprint density at radius 1 is 1.33 bits per heavy atom. The van der Waals surface area contributed by atoms with Gasteiger partial charge in [0.1, 0.15) is 5.75 Å². The van der Waals surface area contributed by atoms with E-state index in [0.717, 1.165) is 5.56 Å². The number of benzene rings is 1. The molecule has 0 aliphatic carbocycles. The topological polar surface area (TPSA) is 80.3 Å². The molecule has 2 aromatic rings. The third-order valence-corrected chi connectivity index (χ3v) is 3.45. The van der Waals surface area contributed by atoms with Crippen molar-refractivity contribution in [2.75, 3.05) is 11.9 Å². The molecule has 2 rings (SSSR count). The van der Waals surface area contributed by atoms with Gasteiger partial charge < -0.3 is 15.4 Å². The zero-order chi connectivity index (χ0) is 17.5. The molecule has 0 aliphatic rings. The fourth-order valence-electron chi connectivity index (χ4n) is 1.90. The van der Waals surface area contributed by atoms with Crippen LogP contribution in [0.15, 0.2) is 42.7 Å². The molecule has 0 unspecified atom stereocenters. The summed E-state index contributed by atoms with van der Waals surface area (Å²) in [7, 11) is 0. The number of hydrogen-bond donors (Lipinski definition) is 2. The van der Waals surface area contributed by atoms with Gasteiger partial charge in [-0.1, -0.05) is 17.7 Å². The number of hydrogen-bond acceptors (Lipinski definition) is 4. The highest BCUT2D eigenvalue weighted by atomic mass is 35.5. The summed E-state index contributed by atoms with van der Waals surface area (Å²) in [5, 5.41) is 5.61. The quantitative estimate of drug-likeness (QED) is 0.841. The first kappa shape index (κ1) is 17.7. The van der Waals surface area contributed by atoms with Gasteiger partial charge in [0.2, 0.25) is 5.91 Å². The maximum absolute atomic E-state index is 12.0. The van der Waals surface area contributed by atoms with Gasteiger partial charge in [0, 0.05) is 6.20 Å². The number of anilines is 1. The molecule has 0 spiro atoms. The standard InChI is InChI=1S/C17H18ClN3O3/c1-11-5-6-15(14(18)8-11)21-16(22)10-20-17(23)12(2)24-13-4-3-7-19-9-13/h3-9,12H,10H2,1-2H3,(H,20,23)(H,21,22)/t12-/m0/s1. The number of carbonyl (C=O) groups is 2. The number of nitrogens with zero attached hydrogens (tertiary/aromatic N) is 1. The van der Waals surface area contributed by atoms with Crippen LogP contribution in [-0.2, 0) is 9.59 Å². The van der Waals surface area contributed by atoms with E-state index in [1.54, 1.807) is 37.4 Å². The van der Waals surface area contributed by atoms with Gasteiger partial charge in [-0.15, -0.1) is 0 Å². The van der Waals surface area contributed by atoms with E-state index in [2.05, 4.69) is 15.6 Å². The van der Waals surface area contributed by atoms with Crippen LogP contribution in [0.1, 0.15) is 12.5 Å². The van der Waals surface area contributed by atoms with Crippen molar-refractivity contribution in [3.8, 4) is 5.75 Å². The summed E-state index contributed by atoms with van der Waals surface area (Å²) >= 11 is 6.05. The summed E-state index contributed by atoms with van der Waals surface area (Å²) in [6, 6.07) is 8.70. The average Bonchev–Trinajstić information content (AvgIpc) is 2.56. The second kappa shape index (κ2) is 8.31. The van der Waals surface area contributed by atoms with Crippen molar-refractivity contribution in [2.45, 2.75) is 20.0 Å². The Morgan fingerprint density at radius 3 is 2.79 bits per heavy atom. The number of ether oxygens (including phenoxy) is 1. The minimum atomic E-state index is -0.745. The third kappa shape index (κ3) is 5.24. The van der Waals surface area contributed by atoms with Crippen molar-refractivity contribution in [1.29, 1.82) is 0 Å². The predicted molar refractivity (Wildman–Crippen MR) is 92.2 cm³/mol. The van der Waals surface area contributed by atoms with Crippen LogP contribution in [0.3, 0.4) is 0 Å².